The van der Waals surface area contributed by atoms with E-state index in [-0.39, 0.29) is 72.8 Å². The predicted molar refractivity (Wildman–Crippen MR) is 47.9 cm³/mol. The average molecular weight is 316 g/mol. The molecule has 0 bridgehead atoms. The number of hydrogen-bond acceptors (Lipinski definition) is 1. The van der Waals surface area contributed by atoms with Crippen molar-refractivity contribution in [1.29, 1.82) is 0 Å². The van der Waals surface area contributed by atoms with Crippen LogP contribution in [0.5, 0.6) is 0 Å². The normalized spacial score (nSPS) is 9.75. The van der Waals surface area contributed by atoms with Crippen molar-refractivity contribution in [2.45, 2.75) is 20.8 Å². The summed E-state index contributed by atoms with van der Waals surface area (Å²) >= 11 is 0. The van der Waals surface area contributed by atoms with E-state index in [2.05, 4.69) is 11.1 Å². The van der Waals surface area contributed by atoms with E-state index in [9.17, 15) is 0 Å². The fourth-order valence-corrected chi connectivity index (χ4v) is 0.360. The molecule has 0 saturated carbocycles. The Morgan fingerprint density at radius 1 is 1.58 bits per heavy atom. The Labute approximate surface area is 128 Å². The van der Waals surface area contributed by atoms with Gasteiger partial charge in [0.1, 0.15) is 0 Å². The first-order valence-electron chi connectivity index (χ1n) is 3.10. The summed E-state index contributed by atoms with van der Waals surface area (Å²) in [6.45, 7) is 6.67. The van der Waals surface area contributed by atoms with E-state index in [4.69, 9.17) is 0 Å². The summed E-state index contributed by atoms with van der Waals surface area (Å²) in [6.07, 6.45) is 6.82. The third kappa shape index (κ3) is 17.6. The Kier molecular flexibility index (Phi) is 36.0. The molecular formula is C9H16NY2. The minimum Gasteiger partial charge on any atom is -0.419 e. The Balaban J connectivity index is -0.000000107. The number of rotatable bonds is 3. The zero-order chi connectivity index (χ0) is 7.11. The van der Waals surface area contributed by atoms with Gasteiger partial charge in [-0.15, -0.1) is 19.7 Å². The van der Waals surface area contributed by atoms with E-state index in [0.717, 1.165) is 12.1 Å². The fraction of sp³-hybridized carbons (Fsp3) is 0.444. The molecule has 63 valence electrons. The number of allylic oxidation sites excluding steroid dienone is 2. The maximum absolute atomic E-state index is 4.08. The molecule has 0 aromatic carbocycles. The van der Waals surface area contributed by atoms with Gasteiger partial charge < -0.3 is 18.8 Å². The van der Waals surface area contributed by atoms with Gasteiger partial charge in [0.05, 0.1) is 0 Å². The molecule has 0 fully saturated rings. The molecule has 0 amide bonds. The molecule has 0 saturated heterocycles. The van der Waals surface area contributed by atoms with Crippen LogP contribution in [0.3, 0.4) is 0 Å². The third-order valence-corrected chi connectivity index (χ3v) is 0.967. The summed E-state index contributed by atoms with van der Waals surface area (Å²) in [5.41, 5.74) is 1.09. The maximum atomic E-state index is 4.08. The molecule has 0 aromatic heterocycles. The van der Waals surface area contributed by atoms with Gasteiger partial charge in [-0.05, 0) is 0 Å². The van der Waals surface area contributed by atoms with Gasteiger partial charge in [0.2, 0.25) is 0 Å². The molecule has 0 aliphatic carbocycles. The predicted octanol–water partition coefficient (Wildman–Crippen LogP) is 2.50. The molecule has 0 rings (SSSR count). The van der Waals surface area contributed by atoms with Crippen LogP contribution in [0.1, 0.15) is 20.8 Å². The molecule has 0 N–H and O–H groups in total. The third-order valence-electron chi connectivity index (χ3n) is 0.967. The van der Waals surface area contributed by atoms with E-state index in [0.29, 0.717) is 0 Å². The van der Waals surface area contributed by atoms with Crippen molar-refractivity contribution in [3.63, 3.8) is 0 Å². The monoisotopic (exact) mass is 316 g/mol. The average Bonchev–Trinajstić information content (AvgIpc) is 1.89. The summed E-state index contributed by atoms with van der Waals surface area (Å²) in [6, 6.07) is 0. The molecule has 0 aliphatic heterocycles. The quantitative estimate of drug-likeness (QED) is 0.560. The summed E-state index contributed by atoms with van der Waals surface area (Å²) in [7, 11) is 0. The van der Waals surface area contributed by atoms with Crippen molar-refractivity contribution in [3.05, 3.63) is 25.5 Å². The smallest absolute Gasteiger partial charge is 0.419 e. The van der Waals surface area contributed by atoms with Gasteiger partial charge in [-0.25, -0.2) is 5.57 Å². The van der Waals surface area contributed by atoms with Crippen LogP contribution in [0, 0.1) is 19.9 Å². The standard InChI is InChI=1S/C8H13N.CH3.2Y/c1-4-6-9-7-8(3)5-2;;;/h4,7H,6H2,1-3H3;1H3;;/q-2;-1;;+3. The molecule has 3 heteroatoms. The Morgan fingerprint density at radius 2 is 2.08 bits per heavy atom. The van der Waals surface area contributed by atoms with Gasteiger partial charge in [0, 0.05) is 32.7 Å². The molecule has 1 nitrogen and oxygen atoms in total. The SMILES string of the molecule is C[C-]=C(C)C=NC[CH-]C.[CH3-].[Y+3].[Y]. The minimum absolute atomic E-state index is 0. The molecule has 1 radical (unpaired) electrons. The number of hydrogen-bond donors (Lipinski definition) is 0. The van der Waals surface area contributed by atoms with Crippen molar-refractivity contribution >= 4 is 6.21 Å². The molecular weight excluding hydrogens is 300 g/mol. The van der Waals surface area contributed by atoms with Crippen molar-refractivity contribution in [2.24, 2.45) is 4.99 Å². The molecule has 0 aliphatic rings. The van der Waals surface area contributed by atoms with Crippen molar-refractivity contribution in [2.75, 3.05) is 6.54 Å². The maximum Gasteiger partial charge on any atom is 3.00 e. The fourth-order valence-electron chi connectivity index (χ4n) is 0.360. The van der Waals surface area contributed by atoms with Gasteiger partial charge in [0.15, 0.2) is 0 Å². The Bertz CT molecular complexity index is 120. The first kappa shape index (κ1) is 23.4. The molecule has 12 heavy (non-hydrogen) atoms. The number of nitrogens with zero attached hydrogens (tertiary/aromatic N) is 1. The zero-order valence-corrected chi connectivity index (χ0v) is 14.1. The van der Waals surface area contributed by atoms with Crippen molar-refractivity contribution in [3.8, 4) is 0 Å². The van der Waals surface area contributed by atoms with Crippen LogP contribution in [0.25, 0.3) is 0 Å². The zero-order valence-electron chi connectivity index (χ0n) is 8.46. The molecule has 0 unspecified atom stereocenters. The molecule has 0 atom stereocenters. The van der Waals surface area contributed by atoms with Crippen LogP contribution in [-0.4, -0.2) is 12.8 Å². The second-order valence-corrected chi connectivity index (χ2v) is 1.84. The van der Waals surface area contributed by atoms with Crippen LogP contribution in [-0.2, 0) is 65.4 Å². The molecule has 0 aromatic rings. The van der Waals surface area contributed by atoms with Gasteiger partial charge in [-0.1, -0.05) is 6.92 Å². The molecule has 0 spiro atoms. The topological polar surface area (TPSA) is 12.4 Å². The van der Waals surface area contributed by atoms with Gasteiger partial charge in [-0.2, -0.15) is 6.92 Å². The van der Waals surface area contributed by atoms with Crippen LogP contribution in [0.2, 0.25) is 0 Å². The second-order valence-electron chi connectivity index (χ2n) is 1.84. The van der Waals surface area contributed by atoms with E-state index in [1.54, 1.807) is 0 Å². The van der Waals surface area contributed by atoms with Crippen LogP contribution < -0.4 is 0 Å². The summed E-state index contributed by atoms with van der Waals surface area (Å²) in [5.74, 6) is 0. The van der Waals surface area contributed by atoms with Crippen LogP contribution in [0.15, 0.2) is 10.6 Å². The summed E-state index contributed by atoms with van der Waals surface area (Å²) in [4.78, 5) is 4.08. The van der Waals surface area contributed by atoms with E-state index < -0.39 is 0 Å². The van der Waals surface area contributed by atoms with Crippen molar-refractivity contribution < 1.29 is 65.4 Å². The second kappa shape index (κ2) is 18.4. The van der Waals surface area contributed by atoms with E-state index >= 15 is 0 Å². The first-order valence-corrected chi connectivity index (χ1v) is 3.10. The minimum atomic E-state index is 0. The van der Waals surface area contributed by atoms with Gasteiger partial charge in [-0.3, -0.25) is 6.08 Å². The largest absolute Gasteiger partial charge is 3.00 e. The summed E-state index contributed by atoms with van der Waals surface area (Å²) < 4.78 is 0. The van der Waals surface area contributed by atoms with Crippen LogP contribution >= 0.6 is 0 Å². The Morgan fingerprint density at radius 3 is 2.42 bits per heavy atom. The summed E-state index contributed by atoms with van der Waals surface area (Å²) in [5, 5.41) is 0. The molecule has 0 heterocycles. The number of aliphatic imine (C=N–C) groups is 1. The van der Waals surface area contributed by atoms with Crippen LogP contribution in [0.4, 0.5) is 0 Å². The van der Waals surface area contributed by atoms with E-state index in [1.165, 1.54) is 0 Å². The van der Waals surface area contributed by atoms with Gasteiger partial charge >= 0.3 is 32.7 Å². The van der Waals surface area contributed by atoms with Gasteiger partial charge in [0.25, 0.3) is 0 Å². The Hall–Kier alpha value is 1.62. The first-order chi connectivity index (χ1) is 4.31. The van der Waals surface area contributed by atoms with Crippen molar-refractivity contribution in [1.82, 2.24) is 0 Å². The van der Waals surface area contributed by atoms with E-state index in [1.807, 2.05) is 33.4 Å².